The number of carbonyl (C=O) groups is 2. The Morgan fingerprint density at radius 1 is 1.30 bits per heavy atom. The van der Waals surface area contributed by atoms with E-state index < -0.39 is 23.7 Å². The van der Waals surface area contributed by atoms with Crippen molar-refractivity contribution in [2.75, 3.05) is 26.2 Å². The van der Waals surface area contributed by atoms with Crippen LogP contribution in [0.2, 0.25) is 0 Å². The van der Waals surface area contributed by atoms with Crippen LogP contribution in [0.3, 0.4) is 0 Å². The molecule has 20 heavy (non-hydrogen) atoms. The first-order valence-electron chi connectivity index (χ1n) is 7.19. The van der Waals surface area contributed by atoms with Gasteiger partial charge in [0.05, 0.1) is 0 Å². The van der Waals surface area contributed by atoms with Gasteiger partial charge in [0, 0.05) is 19.6 Å². The largest absolute Gasteiger partial charge is 0.480 e. The maximum atomic E-state index is 12.1. The minimum atomic E-state index is -0.975. The molecule has 0 aliphatic carbocycles. The number of carboxylic acids is 1. The molecular formula is C14H26N2O4. The van der Waals surface area contributed by atoms with Gasteiger partial charge < -0.3 is 9.84 Å². The SMILES string of the molecule is CCCCN1CCN(C(=O)OC(C)(C)C)[C@H](C(=O)O)C1. The predicted octanol–water partition coefficient (Wildman–Crippen LogP) is 1.79. The van der Waals surface area contributed by atoms with E-state index in [1.54, 1.807) is 20.8 Å². The smallest absolute Gasteiger partial charge is 0.411 e. The molecule has 1 saturated heterocycles. The van der Waals surface area contributed by atoms with Crippen LogP contribution in [0.25, 0.3) is 0 Å². The highest BCUT2D eigenvalue weighted by Gasteiger charge is 2.37. The number of hydrogen-bond donors (Lipinski definition) is 1. The second-order valence-electron chi connectivity index (χ2n) is 6.18. The number of amides is 1. The molecule has 0 unspecified atom stereocenters. The molecule has 1 atom stereocenters. The molecule has 0 saturated carbocycles. The van der Waals surface area contributed by atoms with Gasteiger partial charge in [-0.3, -0.25) is 9.80 Å². The zero-order valence-electron chi connectivity index (χ0n) is 12.9. The van der Waals surface area contributed by atoms with Gasteiger partial charge in [-0.05, 0) is 33.7 Å². The zero-order valence-corrected chi connectivity index (χ0v) is 12.9. The summed E-state index contributed by atoms with van der Waals surface area (Å²) >= 11 is 0. The van der Waals surface area contributed by atoms with Crippen molar-refractivity contribution in [2.45, 2.75) is 52.2 Å². The summed E-state index contributed by atoms with van der Waals surface area (Å²) in [7, 11) is 0. The molecule has 1 heterocycles. The van der Waals surface area contributed by atoms with Crippen LogP contribution < -0.4 is 0 Å². The lowest BCUT2D eigenvalue weighted by Gasteiger charge is -2.39. The lowest BCUT2D eigenvalue weighted by atomic mass is 10.1. The Kier molecular flexibility index (Phi) is 5.80. The van der Waals surface area contributed by atoms with Gasteiger partial charge >= 0.3 is 12.1 Å². The van der Waals surface area contributed by atoms with Crippen LogP contribution in [0, 0.1) is 0 Å². The lowest BCUT2D eigenvalue weighted by molar-refractivity contribution is -0.145. The maximum Gasteiger partial charge on any atom is 0.411 e. The molecular weight excluding hydrogens is 260 g/mol. The highest BCUT2D eigenvalue weighted by atomic mass is 16.6. The minimum absolute atomic E-state index is 0.370. The van der Waals surface area contributed by atoms with E-state index in [-0.39, 0.29) is 0 Å². The van der Waals surface area contributed by atoms with Gasteiger partial charge in [0.15, 0.2) is 0 Å². The third-order valence-electron chi connectivity index (χ3n) is 3.21. The summed E-state index contributed by atoms with van der Waals surface area (Å²) in [5.74, 6) is -0.975. The van der Waals surface area contributed by atoms with Gasteiger partial charge in [-0.15, -0.1) is 0 Å². The molecule has 1 fully saturated rings. The van der Waals surface area contributed by atoms with E-state index in [1.807, 2.05) is 0 Å². The van der Waals surface area contributed by atoms with Crippen LogP contribution >= 0.6 is 0 Å². The number of hydrogen-bond acceptors (Lipinski definition) is 4. The van der Waals surface area contributed by atoms with Crippen molar-refractivity contribution in [1.82, 2.24) is 9.80 Å². The van der Waals surface area contributed by atoms with Crippen LogP contribution in [-0.2, 0) is 9.53 Å². The maximum absolute atomic E-state index is 12.1. The summed E-state index contributed by atoms with van der Waals surface area (Å²) in [6.07, 6.45) is 1.57. The summed E-state index contributed by atoms with van der Waals surface area (Å²) in [4.78, 5) is 26.9. The Morgan fingerprint density at radius 2 is 1.95 bits per heavy atom. The first kappa shape index (κ1) is 16.8. The number of aliphatic carboxylic acids is 1. The van der Waals surface area contributed by atoms with E-state index in [9.17, 15) is 14.7 Å². The Bertz CT molecular complexity index is 352. The normalized spacial score (nSPS) is 20.8. The van der Waals surface area contributed by atoms with E-state index in [0.717, 1.165) is 19.4 Å². The third kappa shape index (κ3) is 5.00. The van der Waals surface area contributed by atoms with Crippen molar-refractivity contribution < 1.29 is 19.4 Å². The highest BCUT2D eigenvalue weighted by molar-refractivity contribution is 5.80. The second kappa shape index (κ2) is 6.92. The van der Waals surface area contributed by atoms with Crippen molar-refractivity contribution in [3.05, 3.63) is 0 Å². The highest BCUT2D eigenvalue weighted by Crippen LogP contribution is 2.16. The van der Waals surface area contributed by atoms with Gasteiger partial charge in [0.1, 0.15) is 11.6 Å². The van der Waals surface area contributed by atoms with Crippen molar-refractivity contribution >= 4 is 12.1 Å². The average molecular weight is 286 g/mol. The number of carbonyl (C=O) groups excluding carboxylic acids is 1. The molecule has 0 spiro atoms. The number of ether oxygens (including phenoxy) is 1. The topological polar surface area (TPSA) is 70.1 Å². The molecule has 116 valence electrons. The van der Waals surface area contributed by atoms with E-state index in [4.69, 9.17) is 4.74 Å². The van der Waals surface area contributed by atoms with Crippen molar-refractivity contribution in [1.29, 1.82) is 0 Å². The Labute approximate surface area is 120 Å². The van der Waals surface area contributed by atoms with Gasteiger partial charge in [-0.25, -0.2) is 9.59 Å². The van der Waals surface area contributed by atoms with Gasteiger partial charge in [-0.1, -0.05) is 13.3 Å². The number of rotatable bonds is 4. The van der Waals surface area contributed by atoms with Crippen LogP contribution in [0.1, 0.15) is 40.5 Å². The van der Waals surface area contributed by atoms with E-state index in [2.05, 4.69) is 11.8 Å². The Hall–Kier alpha value is -1.30. The molecule has 1 aliphatic heterocycles. The molecule has 0 aromatic carbocycles. The van der Waals surface area contributed by atoms with E-state index in [0.29, 0.717) is 19.6 Å². The van der Waals surface area contributed by atoms with Gasteiger partial charge in [0.2, 0.25) is 0 Å². The predicted molar refractivity (Wildman–Crippen MR) is 75.7 cm³/mol. The van der Waals surface area contributed by atoms with Crippen LogP contribution in [0.15, 0.2) is 0 Å². The zero-order chi connectivity index (χ0) is 15.3. The Morgan fingerprint density at radius 3 is 2.45 bits per heavy atom. The van der Waals surface area contributed by atoms with Crippen molar-refractivity contribution in [2.24, 2.45) is 0 Å². The number of unbranched alkanes of at least 4 members (excludes halogenated alkanes) is 1. The molecule has 6 nitrogen and oxygen atoms in total. The fourth-order valence-corrected chi connectivity index (χ4v) is 2.17. The fourth-order valence-electron chi connectivity index (χ4n) is 2.17. The van der Waals surface area contributed by atoms with Gasteiger partial charge in [0.25, 0.3) is 0 Å². The van der Waals surface area contributed by atoms with Crippen LogP contribution in [-0.4, -0.2) is 64.8 Å². The minimum Gasteiger partial charge on any atom is -0.480 e. The molecule has 1 aliphatic rings. The standard InChI is InChI=1S/C14H26N2O4/c1-5-6-7-15-8-9-16(11(10-15)12(17)18)13(19)20-14(2,3)4/h11H,5-10H2,1-4H3,(H,17,18)/t11-/m0/s1. The molecule has 1 rings (SSSR count). The first-order chi connectivity index (χ1) is 9.24. The van der Waals surface area contributed by atoms with E-state index in [1.165, 1.54) is 4.90 Å². The molecule has 0 bridgehead atoms. The number of carboxylic acid groups (broad SMARTS) is 1. The van der Waals surface area contributed by atoms with E-state index >= 15 is 0 Å². The molecule has 1 amide bonds. The van der Waals surface area contributed by atoms with Crippen LogP contribution in [0.4, 0.5) is 4.79 Å². The third-order valence-corrected chi connectivity index (χ3v) is 3.21. The second-order valence-corrected chi connectivity index (χ2v) is 6.18. The Balaban J connectivity index is 2.67. The molecule has 6 heteroatoms. The molecule has 1 N–H and O–H groups in total. The van der Waals surface area contributed by atoms with Crippen molar-refractivity contribution in [3.8, 4) is 0 Å². The summed E-state index contributed by atoms with van der Waals surface area (Å²) in [6.45, 7) is 9.77. The molecule has 0 aromatic rings. The average Bonchev–Trinajstić information content (AvgIpc) is 2.33. The molecule has 0 radical (unpaired) electrons. The monoisotopic (exact) mass is 286 g/mol. The van der Waals surface area contributed by atoms with Crippen molar-refractivity contribution in [3.63, 3.8) is 0 Å². The van der Waals surface area contributed by atoms with Gasteiger partial charge in [-0.2, -0.15) is 0 Å². The lowest BCUT2D eigenvalue weighted by Crippen LogP contribution is -2.59. The summed E-state index contributed by atoms with van der Waals surface area (Å²) in [5.41, 5.74) is -0.612. The summed E-state index contributed by atoms with van der Waals surface area (Å²) in [5, 5.41) is 9.32. The number of piperazine rings is 1. The van der Waals surface area contributed by atoms with Crippen LogP contribution in [0.5, 0.6) is 0 Å². The summed E-state index contributed by atoms with van der Waals surface area (Å²) < 4.78 is 5.28. The molecule has 0 aromatic heterocycles. The number of nitrogens with zero attached hydrogens (tertiary/aromatic N) is 2. The summed E-state index contributed by atoms with van der Waals surface area (Å²) in [6, 6.07) is -0.824. The quantitative estimate of drug-likeness (QED) is 0.853. The fraction of sp³-hybridized carbons (Fsp3) is 0.857. The first-order valence-corrected chi connectivity index (χ1v) is 7.19.